The Morgan fingerprint density at radius 2 is 2.15 bits per heavy atom. The van der Waals surface area contributed by atoms with Gasteiger partial charge in [0.1, 0.15) is 0 Å². The zero-order valence-corrected chi connectivity index (χ0v) is 11.7. The Kier molecular flexibility index (Phi) is 3.69. The predicted octanol–water partition coefficient (Wildman–Crippen LogP) is 1.57. The molecule has 0 bridgehead atoms. The molecule has 0 unspecified atom stereocenters. The maximum atomic E-state index is 12.5. The van der Waals surface area contributed by atoms with E-state index in [0.29, 0.717) is 12.5 Å². The van der Waals surface area contributed by atoms with Crippen LogP contribution in [0.3, 0.4) is 0 Å². The number of carbonyl (C=O) groups excluding carboxylic acids is 1. The second kappa shape index (κ2) is 5.63. The van der Waals surface area contributed by atoms with Crippen molar-refractivity contribution < 1.29 is 4.79 Å². The van der Waals surface area contributed by atoms with Gasteiger partial charge in [-0.05, 0) is 44.1 Å². The van der Waals surface area contributed by atoms with E-state index in [2.05, 4.69) is 15.0 Å². The highest BCUT2D eigenvalue weighted by Crippen LogP contribution is 2.22. The third-order valence-corrected chi connectivity index (χ3v) is 3.88. The molecular formula is C15H20N4O. The summed E-state index contributed by atoms with van der Waals surface area (Å²) in [7, 11) is 1.87. The normalized spacial score (nSPS) is 16.4. The van der Waals surface area contributed by atoms with Crippen molar-refractivity contribution in [3.8, 4) is 0 Å². The fourth-order valence-corrected chi connectivity index (χ4v) is 2.85. The number of carbonyl (C=O) groups is 1. The van der Waals surface area contributed by atoms with Crippen molar-refractivity contribution in [2.45, 2.75) is 25.3 Å². The van der Waals surface area contributed by atoms with Gasteiger partial charge in [0.25, 0.3) is 0 Å². The van der Waals surface area contributed by atoms with Crippen LogP contribution in [0.1, 0.15) is 35.1 Å². The summed E-state index contributed by atoms with van der Waals surface area (Å²) in [4.78, 5) is 12.5. The van der Waals surface area contributed by atoms with Crippen LogP contribution in [0.25, 0.3) is 0 Å². The molecule has 1 aliphatic rings. The molecule has 3 heterocycles. The van der Waals surface area contributed by atoms with Crippen LogP contribution in [-0.4, -0.2) is 33.2 Å². The number of hydrogen-bond acceptors (Lipinski definition) is 3. The molecule has 0 atom stereocenters. The monoisotopic (exact) mass is 272 g/mol. The molecule has 2 aromatic rings. The van der Waals surface area contributed by atoms with E-state index in [4.69, 9.17) is 0 Å². The molecule has 1 aliphatic heterocycles. The van der Waals surface area contributed by atoms with Gasteiger partial charge in [-0.1, -0.05) is 0 Å². The zero-order chi connectivity index (χ0) is 13.9. The summed E-state index contributed by atoms with van der Waals surface area (Å²) in [6.45, 7) is 2.05. The summed E-state index contributed by atoms with van der Waals surface area (Å²) >= 11 is 0. The first kappa shape index (κ1) is 13.1. The van der Waals surface area contributed by atoms with Crippen LogP contribution in [-0.2, 0) is 13.5 Å². The Hall–Kier alpha value is -1.88. The van der Waals surface area contributed by atoms with E-state index < -0.39 is 0 Å². The number of ketones is 1. The van der Waals surface area contributed by atoms with Crippen molar-refractivity contribution in [2.24, 2.45) is 7.05 Å². The van der Waals surface area contributed by atoms with Gasteiger partial charge in [0, 0.05) is 25.5 Å². The summed E-state index contributed by atoms with van der Waals surface area (Å²) in [5.74, 6) is 0.146. The van der Waals surface area contributed by atoms with Crippen molar-refractivity contribution in [2.75, 3.05) is 13.1 Å². The molecule has 0 amide bonds. The first-order valence-electron chi connectivity index (χ1n) is 7.13. The first-order valence-corrected chi connectivity index (χ1v) is 7.13. The predicted molar refractivity (Wildman–Crippen MR) is 76.8 cm³/mol. The quantitative estimate of drug-likeness (QED) is 0.860. The molecule has 2 aromatic heterocycles. The van der Waals surface area contributed by atoms with E-state index in [0.717, 1.165) is 37.3 Å². The molecule has 106 valence electrons. The van der Waals surface area contributed by atoms with Crippen molar-refractivity contribution in [3.05, 3.63) is 42.0 Å². The third-order valence-electron chi connectivity index (χ3n) is 3.88. The second-order valence-electron chi connectivity index (χ2n) is 5.36. The molecule has 0 radical (unpaired) electrons. The fraction of sp³-hybridized carbons (Fsp3) is 0.467. The van der Waals surface area contributed by atoms with E-state index in [-0.39, 0.29) is 5.78 Å². The lowest BCUT2D eigenvalue weighted by molar-refractivity contribution is 0.0979. The minimum atomic E-state index is 0.146. The van der Waals surface area contributed by atoms with Crippen LogP contribution < -0.4 is 5.32 Å². The van der Waals surface area contributed by atoms with Gasteiger partial charge in [-0.15, -0.1) is 0 Å². The molecule has 1 fully saturated rings. The molecule has 5 heteroatoms. The lowest BCUT2D eigenvalue weighted by Crippen LogP contribution is -2.30. The summed E-state index contributed by atoms with van der Waals surface area (Å²) in [5.41, 5.74) is 1.64. The fourth-order valence-electron chi connectivity index (χ4n) is 2.85. The van der Waals surface area contributed by atoms with Gasteiger partial charge in [0.15, 0.2) is 5.78 Å². The van der Waals surface area contributed by atoms with Crippen LogP contribution in [0.4, 0.5) is 0 Å². The van der Waals surface area contributed by atoms with Crippen LogP contribution in [0.5, 0.6) is 0 Å². The molecule has 1 N–H and O–H groups in total. The summed E-state index contributed by atoms with van der Waals surface area (Å²) < 4.78 is 3.88. The van der Waals surface area contributed by atoms with Gasteiger partial charge in [-0.3, -0.25) is 9.48 Å². The number of nitrogens with zero attached hydrogens (tertiary/aromatic N) is 3. The minimum absolute atomic E-state index is 0.146. The lowest BCUT2D eigenvalue weighted by Gasteiger charge is -2.25. The van der Waals surface area contributed by atoms with E-state index in [1.54, 1.807) is 4.68 Å². The highest BCUT2D eigenvalue weighted by Gasteiger charge is 2.20. The smallest absolute Gasteiger partial charge is 0.185 e. The number of rotatable bonds is 4. The van der Waals surface area contributed by atoms with Gasteiger partial charge >= 0.3 is 0 Å². The Morgan fingerprint density at radius 1 is 1.35 bits per heavy atom. The van der Waals surface area contributed by atoms with Gasteiger partial charge in [-0.25, -0.2) is 0 Å². The van der Waals surface area contributed by atoms with Crippen LogP contribution in [0.15, 0.2) is 30.6 Å². The van der Waals surface area contributed by atoms with Crippen molar-refractivity contribution in [1.82, 2.24) is 19.7 Å². The molecule has 1 saturated heterocycles. The topological polar surface area (TPSA) is 51.9 Å². The maximum Gasteiger partial charge on any atom is 0.185 e. The highest BCUT2D eigenvalue weighted by molar-refractivity contribution is 5.96. The SMILES string of the molecule is Cn1ccc(CC(=O)c2cccn2C2CCNCC2)n1. The van der Waals surface area contributed by atoms with Crippen molar-refractivity contribution in [3.63, 3.8) is 0 Å². The molecule has 20 heavy (non-hydrogen) atoms. The van der Waals surface area contributed by atoms with E-state index in [1.165, 1.54) is 0 Å². The number of nitrogens with one attached hydrogen (secondary N) is 1. The highest BCUT2D eigenvalue weighted by atomic mass is 16.1. The molecular weight excluding hydrogens is 252 g/mol. The molecule has 0 saturated carbocycles. The Balaban J connectivity index is 1.76. The first-order chi connectivity index (χ1) is 9.74. The zero-order valence-electron chi connectivity index (χ0n) is 11.7. The molecule has 3 rings (SSSR count). The standard InChI is InChI=1S/C15H20N4O/c1-18-10-6-12(17-18)11-15(20)14-3-2-9-19(14)13-4-7-16-8-5-13/h2-3,6,9-10,13,16H,4-5,7-8,11H2,1H3. The second-order valence-corrected chi connectivity index (χ2v) is 5.36. The molecule has 5 nitrogen and oxygen atoms in total. The summed E-state index contributed by atoms with van der Waals surface area (Å²) in [6, 6.07) is 6.23. The lowest BCUT2D eigenvalue weighted by atomic mass is 10.1. The van der Waals surface area contributed by atoms with Gasteiger partial charge in [-0.2, -0.15) is 5.10 Å². The average molecular weight is 272 g/mol. The minimum Gasteiger partial charge on any atom is -0.342 e. The number of hydrogen-bond donors (Lipinski definition) is 1. The Labute approximate surface area is 118 Å². The van der Waals surface area contributed by atoms with E-state index in [9.17, 15) is 4.79 Å². The number of aromatic nitrogens is 3. The summed E-state index contributed by atoms with van der Waals surface area (Å²) in [5, 5.41) is 7.64. The van der Waals surface area contributed by atoms with E-state index in [1.807, 2.05) is 37.6 Å². The Bertz CT molecular complexity index is 593. The van der Waals surface area contributed by atoms with E-state index >= 15 is 0 Å². The molecule has 0 spiro atoms. The van der Waals surface area contributed by atoms with Crippen LogP contribution in [0.2, 0.25) is 0 Å². The molecule has 0 aromatic carbocycles. The van der Waals surface area contributed by atoms with Gasteiger partial charge in [0.2, 0.25) is 0 Å². The maximum absolute atomic E-state index is 12.5. The Morgan fingerprint density at radius 3 is 2.85 bits per heavy atom. The van der Waals surface area contributed by atoms with Gasteiger partial charge < -0.3 is 9.88 Å². The third kappa shape index (κ3) is 2.67. The van der Waals surface area contributed by atoms with Crippen molar-refractivity contribution in [1.29, 1.82) is 0 Å². The van der Waals surface area contributed by atoms with Crippen molar-refractivity contribution >= 4 is 5.78 Å². The summed E-state index contributed by atoms with van der Waals surface area (Å²) in [6.07, 6.45) is 6.43. The largest absolute Gasteiger partial charge is 0.342 e. The number of aryl methyl sites for hydroxylation is 1. The van der Waals surface area contributed by atoms with Crippen LogP contribution >= 0.6 is 0 Å². The number of Topliss-reactive ketones (excluding diaryl/α,β-unsaturated/α-hetero) is 1. The average Bonchev–Trinajstić information content (AvgIpc) is 3.09. The van der Waals surface area contributed by atoms with Crippen LogP contribution in [0, 0.1) is 0 Å². The number of piperidine rings is 1. The van der Waals surface area contributed by atoms with Gasteiger partial charge in [0.05, 0.1) is 17.8 Å². The molecule has 0 aliphatic carbocycles.